The minimum Gasteiger partial charge on any atom is -0.369 e. The van der Waals surface area contributed by atoms with Gasteiger partial charge in [-0.3, -0.25) is 4.79 Å². The normalized spacial score (nSPS) is 12.9. The lowest BCUT2D eigenvalue weighted by atomic mass is 10.1. The molecule has 1 unspecified atom stereocenters. The maximum atomic E-state index is 10.6. The van der Waals surface area contributed by atoms with E-state index in [2.05, 4.69) is 5.16 Å². The molecule has 0 aromatic carbocycles. The van der Waals surface area contributed by atoms with Gasteiger partial charge in [0, 0.05) is 6.07 Å². The second-order valence-electron chi connectivity index (χ2n) is 2.49. The molecule has 0 aliphatic rings. The summed E-state index contributed by atoms with van der Waals surface area (Å²) in [4.78, 5) is 10.6. The average molecular weight is 154 g/mol. The molecule has 1 heterocycles. The van der Waals surface area contributed by atoms with Crippen molar-refractivity contribution in [1.82, 2.24) is 5.16 Å². The summed E-state index contributed by atoms with van der Waals surface area (Å²) in [6.45, 7) is 3.46. The fraction of sp³-hybridized carbons (Fsp3) is 0.429. The molecule has 0 aliphatic heterocycles. The molecule has 11 heavy (non-hydrogen) atoms. The molecule has 1 rings (SSSR count). The Morgan fingerprint density at radius 2 is 2.45 bits per heavy atom. The quantitative estimate of drug-likeness (QED) is 0.677. The topological polar surface area (TPSA) is 69.1 Å². The van der Waals surface area contributed by atoms with E-state index in [0.717, 1.165) is 0 Å². The first-order chi connectivity index (χ1) is 5.11. The van der Waals surface area contributed by atoms with Gasteiger partial charge in [-0.1, -0.05) is 5.16 Å². The first-order valence-electron chi connectivity index (χ1n) is 3.34. The van der Waals surface area contributed by atoms with Crippen molar-refractivity contribution in [2.24, 2.45) is 5.73 Å². The van der Waals surface area contributed by atoms with Crippen LogP contribution in [0.15, 0.2) is 10.6 Å². The van der Waals surface area contributed by atoms with Crippen molar-refractivity contribution in [2.75, 3.05) is 0 Å². The highest BCUT2D eigenvalue weighted by molar-refractivity contribution is 5.80. The fourth-order valence-corrected chi connectivity index (χ4v) is 0.735. The Morgan fingerprint density at radius 3 is 2.82 bits per heavy atom. The Morgan fingerprint density at radius 1 is 1.82 bits per heavy atom. The largest absolute Gasteiger partial charge is 0.369 e. The molecule has 0 fully saturated rings. The number of aryl methyl sites for hydroxylation is 1. The van der Waals surface area contributed by atoms with Crippen LogP contribution < -0.4 is 5.73 Å². The molecule has 1 aromatic heterocycles. The lowest BCUT2D eigenvalue weighted by molar-refractivity contribution is -0.119. The van der Waals surface area contributed by atoms with E-state index < -0.39 is 5.91 Å². The van der Waals surface area contributed by atoms with Crippen molar-refractivity contribution in [3.8, 4) is 0 Å². The first-order valence-corrected chi connectivity index (χ1v) is 3.34. The molecule has 0 bridgehead atoms. The zero-order valence-electron chi connectivity index (χ0n) is 6.50. The first kappa shape index (κ1) is 7.78. The molecular weight excluding hydrogens is 144 g/mol. The van der Waals surface area contributed by atoms with Gasteiger partial charge in [0.25, 0.3) is 0 Å². The summed E-state index contributed by atoms with van der Waals surface area (Å²) in [7, 11) is 0. The number of carbonyl (C=O) groups excluding carboxylic acids is 1. The lowest BCUT2D eigenvalue weighted by Crippen LogP contribution is -2.18. The summed E-state index contributed by atoms with van der Waals surface area (Å²) in [6, 6.07) is 1.70. The van der Waals surface area contributed by atoms with Crippen LogP contribution in [0.5, 0.6) is 0 Å². The van der Waals surface area contributed by atoms with Crippen molar-refractivity contribution in [1.29, 1.82) is 0 Å². The van der Waals surface area contributed by atoms with Gasteiger partial charge in [0.05, 0.1) is 11.6 Å². The van der Waals surface area contributed by atoms with Crippen LogP contribution in [0.25, 0.3) is 0 Å². The van der Waals surface area contributed by atoms with E-state index in [1.165, 1.54) is 0 Å². The lowest BCUT2D eigenvalue weighted by Gasteiger charge is -1.98. The number of nitrogens with zero attached hydrogens (tertiary/aromatic N) is 1. The summed E-state index contributed by atoms with van der Waals surface area (Å²) >= 11 is 0. The Bertz CT molecular complexity index is 267. The molecule has 60 valence electrons. The zero-order valence-corrected chi connectivity index (χ0v) is 6.50. The highest BCUT2D eigenvalue weighted by atomic mass is 16.5. The van der Waals surface area contributed by atoms with Crippen molar-refractivity contribution < 1.29 is 9.32 Å². The van der Waals surface area contributed by atoms with E-state index >= 15 is 0 Å². The van der Waals surface area contributed by atoms with Crippen LogP contribution in [-0.4, -0.2) is 11.1 Å². The van der Waals surface area contributed by atoms with Crippen LogP contribution in [0.3, 0.4) is 0 Å². The van der Waals surface area contributed by atoms with Gasteiger partial charge < -0.3 is 10.3 Å². The Labute approximate surface area is 64.4 Å². The summed E-state index contributed by atoms with van der Waals surface area (Å²) in [5.74, 6) is -0.0705. The van der Waals surface area contributed by atoms with Gasteiger partial charge in [0.1, 0.15) is 5.76 Å². The Kier molecular flexibility index (Phi) is 1.94. The van der Waals surface area contributed by atoms with Crippen LogP contribution in [0.4, 0.5) is 0 Å². The maximum Gasteiger partial charge on any atom is 0.226 e. The molecule has 0 spiro atoms. The number of hydrogen-bond donors (Lipinski definition) is 1. The van der Waals surface area contributed by atoms with Crippen LogP contribution in [0, 0.1) is 6.92 Å². The van der Waals surface area contributed by atoms with E-state index in [1.807, 2.05) is 0 Å². The van der Waals surface area contributed by atoms with Gasteiger partial charge in [-0.25, -0.2) is 0 Å². The standard InChI is InChI=1S/C7H10N2O2/c1-4-3-6(9-11-4)5(2)7(8)10/h3,5H,1-2H3,(H2,8,10). The Hall–Kier alpha value is -1.32. The van der Waals surface area contributed by atoms with E-state index in [0.29, 0.717) is 11.5 Å². The SMILES string of the molecule is Cc1cc(C(C)C(N)=O)no1. The molecule has 4 nitrogen and oxygen atoms in total. The van der Waals surface area contributed by atoms with Crippen LogP contribution in [0.2, 0.25) is 0 Å². The molecule has 1 amide bonds. The summed E-state index contributed by atoms with van der Waals surface area (Å²) < 4.78 is 4.78. The van der Waals surface area contributed by atoms with E-state index in [-0.39, 0.29) is 5.92 Å². The monoisotopic (exact) mass is 154 g/mol. The number of carbonyl (C=O) groups is 1. The number of amides is 1. The van der Waals surface area contributed by atoms with Gasteiger partial charge in [-0.2, -0.15) is 0 Å². The smallest absolute Gasteiger partial charge is 0.226 e. The number of rotatable bonds is 2. The summed E-state index contributed by atoms with van der Waals surface area (Å²) in [5, 5.41) is 3.66. The molecule has 1 aromatic rings. The van der Waals surface area contributed by atoms with Crippen LogP contribution in [-0.2, 0) is 4.79 Å². The third kappa shape index (κ3) is 1.58. The zero-order chi connectivity index (χ0) is 8.43. The minimum atomic E-state index is -0.390. The van der Waals surface area contributed by atoms with E-state index in [1.54, 1.807) is 19.9 Å². The summed E-state index contributed by atoms with van der Waals surface area (Å²) in [6.07, 6.45) is 0. The van der Waals surface area contributed by atoms with E-state index in [4.69, 9.17) is 10.3 Å². The van der Waals surface area contributed by atoms with Crippen LogP contribution >= 0.6 is 0 Å². The van der Waals surface area contributed by atoms with Gasteiger partial charge in [-0.05, 0) is 13.8 Å². The third-order valence-electron chi connectivity index (χ3n) is 1.52. The number of nitrogens with two attached hydrogens (primary N) is 1. The van der Waals surface area contributed by atoms with Crippen molar-refractivity contribution in [2.45, 2.75) is 19.8 Å². The van der Waals surface area contributed by atoms with Gasteiger partial charge >= 0.3 is 0 Å². The molecule has 0 saturated carbocycles. The van der Waals surface area contributed by atoms with Crippen LogP contribution in [0.1, 0.15) is 24.3 Å². The third-order valence-corrected chi connectivity index (χ3v) is 1.52. The highest BCUT2D eigenvalue weighted by Crippen LogP contribution is 2.13. The fourth-order valence-electron chi connectivity index (χ4n) is 0.735. The number of hydrogen-bond acceptors (Lipinski definition) is 3. The molecule has 4 heteroatoms. The van der Waals surface area contributed by atoms with E-state index in [9.17, 15) is 4.79 Å². The molecule has 1 atom stereocenters. The van der Waals surface area contributed by atoms with Gasteiger partial charge in [0.15, 0.2) is 0 Å². The van der Waals surface area contributed by atoms with Crippen molar-refractivity contribution in [3.05, 3.63) is 17.5 Å². The van der Waals surface area contributed by atoms with Crippen molar-refractivity contribution >= 4 is 5.91 Å². The predicted molar refractivity (Wildman–Crippen MR) is 38.8 cm³/mol. The van der Waals surface area contributed by atoms with Gasteiger partial charge in [0.2, 0.25) is 5.91 Å². The van der Waals surface area contributed by atoms with Gasteiger partial charge in [-0.15, -0.1) is 0 Å². The molecule has 2 N–H and O–H groups in total. The second-order valence-corrected chi connectivity index (χ2v) is 2.49. The van der Waals surface area contributed by atoms with Crippen molar-refractivity contribution in [3.63, 3.8) is 0 Å². The minimum absolute atomic E-state index is 0.368. The second kappa shape index (κ2) is 2.74. The molecular formula is C7H10N2O2. The Balaban J connectivity index is 2.84. The molecule has 0 radical (unpaired) electrons. The highest BCUT2D eigenvalue weighted by Gasteiger charge is 2.14. The molecule has 0 saturated heterocycles. The predicted octanol–water partition coefficient (Wildman–Crippen LogP) is 0.572. The summed E-state index contributed by atoms with van der Waals surface area (Å²) in [5.41, 5.74) is 5.65. The number of aromatic nitrogens is 1. The molecule has 0 aliphatic carbocycles. The number of primary amides is 1. The maximum absolute atomic E-state index is 10.6. The average Bonchev–Trinajstić information content (AvgIpc) is 2.34.